The summed E-state index contributed by atoms with van der Waals surface area (Å²) >= 11 is 0. The number of furan rings is 1. The van der Waals surface area contributed by atoms with Gasteiger partial charge in [0.25, 0.3) is 0 Å². The van der Waals surface area contributed by atoms with Crippen LogP contribution in [0, 0.1) is 6.92 Å². The Bertz CT molecular complexity index is 483. The van der Waals surface area contributed by atoms with E-state index < -0.39 is 12.0 Å². The summed E-state index contributed by atoms with van der Waals surface area (Å²) in [6.07, 6.45) is 1.26. The number of carboxylic acid groups (broad SMARTS) is 1. The lowest BCUT2D eigenvalue weighted by atomic mass is 10.2. The fraction of sp³-hybridized carbons (Fsp3) is 0.538. The lowest BCUT2D eigenvalue weighted by Crippen LogP contribution is -2.46. The molecule has 2 amide bonds. The van der Waals surface area contributed by atoms with Gasteiger partial charge in [-0.25, -0.2) is 9.59 Å². The first kappa shape index (κ1) is 13.5. The fourth-order valence-corrected chi connectivity index (χ4v) is 2.34. The minimum Gasteiger partial charge on any atom is -0.480 e. The Morgan fingerprint density at radius 2 is 2.26 bits per heavy atom. The summed E-state index contributed by atoms with van der Waals surface area (Å²) in [4.78, 5) is 26.2. The number of carbonyl (C=O) groups is 2. The van der Waals surface area contributed by atoms with E-state index in [4.69, 9.17) is 9.52 Å². The minimum absolute atomic E-state index is 0.265. The van der Waals surface area contributed by atoms with E-state index in [0.717, 1.165) is 12.2 Å². The topological polar surface area (TPSA) is 74.0 Å². The van der Waals surface area contributed by atoms with Gasteiger partial charge in [0.05, 0.1) is 6.54 Å². The highest BCUT2D eigenvalue weighted by molar-refractivity contribution is 5.83. The number of carbonyl (C=O) groups excluding carboxylic acids is 1. The molecule has 0 saturated carbocycles. The third kappa shape index (κ3) is 2.89. The molecule has 0 bridgehead atoms. The van der Waals surface area contributed by atoms with Gasteiger partial charge in [-0.1, -0.05) is 0 Å². The zero-order valence-corrected chi connectivity index (χ0v) is 11.1. The van der Waals surface area contributed by atoms with E-state index >= 15 is 0 Å². The predicted octanol–water partition coefficient (Wildman–Crippen LogP) is 1.69. The second-order valence-electron chi connectivity index (χ2n) is 4.84. The molecule has 1 N–H and O–H groups in total. The first-order chi connectivity index (χ1) is 8.99. The lowest BCUT2D eigenvalue weighted by Gasteiger charge is -2.27. The van der Waals surface area contributed by atoms with Gasteiger partial charge in [0.2, 0.25) is 0 Å². The molecule has 6 nitrogen and oxygen atoms in total. The molecule has 0 aromatic carbocycles. The third-order valence-corrected chi connectivity index (χ3v) is 3.30. The number of nitrogens with zero attached hydrogens (tertiary/aromatic N) is 2. The van der Waals surface area contributed by atoms with Crippen molar-refractivity contribution < 1.29 is 19.1 Å². The Hall–Kier alpha value is -1.98. The van der Waals surface area contributed by atoms with Crippen LogP contribution in [0.3, 0.4) is 0 Å². The van der Waals surface area contributed by atoms with Crippen molar-refractivity contribution in [1.82, 2.24) is 9.80 Å². The van der Waals surface area contributed by atoms with E-state index in [2.05, 4.69) is 0 Å². The Morgan fingerprint density at radius 3 is 2.84 bits per heavy atom. The summed E-state index contributed by atoms with van der Waals surface area (Å²) in [5, 5.41) is 9.08. The monoisotopic (exact) mass is 266 g/mol. The summed E-state index contributed by atoms with van der Waals surface area (Å²) in [7, 11) is 1.65. The second-order valence-corrected chi connectivity index (χ2v) is 4.84. The molecule has 1 aliphatic heterocycles. The zero-order valence-electron chi connectivity index (χ0n) is 11.1. The van der Waals surface area contributed by atoms with E-state index in [1.165, 1.54) is 9.80 Å². The molecule has 1 fully saturated rings. The average molecular weight is 266 g/mol. The molecule has 104 valence electrons. The molecule has 0 spiro atoms. The van der Waals surface area contributed by atoms with Crippen LogP contribution in [-0.4, -0.2) is 46.5 Å². The third-order valence-electron chi connectivity index (χ3n) is 3.30. The standard InChI is InChI=1S/C13H18N2O4/c1-9-5-6-10(19-9)8-14(2)13(18)15-7-3-4-11(15)12(16)17/h5-6,11H,3-4,7-8H2,1-2H3,(H,16,17)/t11-/m1/s1. The van der Waals surface area contributed by atoms with Crippen LogP contribution in [0.1, 0.15) is 24.4 Å². The summed E-state index contributed by atoms with van der Waals surface area (Å²) in [6, 6.07) is 2.69. The molecule has 1 aromatic rings. The highest BCUT2D eigenvalue weighted by atomic mass is 16.4. The van der Waals surface area contributed by atoms with Crippen LogP contribution < -0.4 is 0 Å². The second kappa shape index (κ2) is 5.34. The largest absolute Gasteiger partial charge is 0.480 e. The van der Waals surface area contributed by atoms with Crippen LogP contribution in [0.5, 0.6) is 0 Å². The number of aryl methyl sites for hydroxylation is 1. The molecule has 0 unspecified atom stereocenters. The van der Waals surface area contributed by atoms with Crippen LogP contribution >= 0.6 is 0 Å². The number of aliphatic carboxylic acids is 1. The molecule has 1 saturated heterocycles. The van der Waals surface area contributed by atoms with Crippen LogP contribution in [0.4, 0.5) is 4.79 Å². The molecule has 1 atom stereocenters. The van der Waals surface area contributed by atoms with Crippen molar-refractivity contribution in [2.24, 2.45) is 0 Å². The van der Waals surface area contributed by atoms with Crippen molar-refractivity contribution in [3.8, 4) is 0 Å². The van der Waals surface area contributed by atoms with Crippen LogP contribution in [0.25, 0.3) is 0 Å². The van der Waals surface area contributed by atoms with Crippen molar-refractivity contribution in [1.29, 1.82) is 0 Å². The van der Waals surface area contributed by atoms with Crippen LogP contribution in [-0.2, 0) is 11.3 Å². The van der Waals surface area contributed by atoms with Crippen molar-refractivity contribution in [3.05, 3.63) is 23.7 Å². The molecule has 6 heteroatoms. The summed E-state index contributed by atoms with van der Waals surface area (Å²) in [5.74, 6) is 0.549. The Balaban J connectivity index is 2.00. The van der Waals surface area contributed by atoms with Gasteiger partial charge in [0.15, 0.2) is 0 Å². The maximum atomic E-state index is 12.2. The normalized spacial score (nSPS) is 18.6. The van der Waals surface area contributed by atoms with Gasteiger partial charge in [0, 0.05) is 13.6 Å². The molecule has 1 aliphatic rings. The summed E-state index contributed by atoms with van der Waals surface area (Å²) in [6.45, 7) is 2.68. The van der Waals surface area contributed by atoms with Gasteiger partial charge in [-0.2, -0.15) is 0 Å². The minimum atomic E-state index is -0.937. The van der Waals surface area contributed by atoms with E-state index in [0.29, 0.717) is 25.3 Å². The van der Waals surface area contributed by atoms with Crippen molar-refractivity contribution in [3.63, 3.8) is 0 Å². The number of likely N-dealkylation sites (tertiary alicyclic amines) is 1. The van der Waals surface area contributed by atoms with E-state index in [-0.39, 0.29) is 6.03 Å². The quantitative estimate of drug-likeness (QED) is 0.903. The number of carboxylic acids is 1. The fourth-order valence-electron chi connectivity index (χ4n) is 2.34. The Kier molecular flexibility index (Phi) is 3.78. The number of hydrogen-bond acceptors (Lipinski definition) is 3. The highest BCUT2D eigenvalue weighted by Crippen LogP contribution is 2.20. The smallest absolute Gasteiger partial charge is 0.326 e. The molecule has 0 aliphatic carbocycles. The van der Waals surface area contributed by atoms with E-state index in [1.807, 2.05) is 19.1 Å². The number of hydrogen-bond donors (Lipinski definition) is 1. The molecule has 1 aromatic heterocycles. The average Bonchev–Trinajstić information content (AvgIpc) is 2.97. The Labute approximate surface area is 111 Å². The summed E-state index contributed by atoms with van der Waals surface area (Å²) < 4.78 is 5.41. The molecule has 2 heterocycles. The Morgan fingerprint density at radius 1 is 1.53 bits per heavy atom. The van der Waals surface area contributed by atoms with Gasteiger partial charge in [-0.15, -0.1) is 0 Å². The van der Waals surface area contributed by atoms with Crippen LogP contribution in [0.2, 0.25) is 0 Å². The molecule has 19 heavy (non-hydrogen) atoms. The van der Waals surface area contributed by atoms with E-state index in [1.54, 1.807) is 7.05 Å². The van der Waals surface area contributed by atoms with Crippen molar-refractivity contribution in [2.45, 2.75) is 32.4 Å². The van der Waals surface area contributed by atoms with Gasteiger partial charge in [-0.05, 0) is 31.9 Å². The number of amides is 2. The molecular formula is C13H18N2O4. The first-order valence-corrected chi connectivity index (χ1v) is 6.29. The molecule has 0 radical (unpaired) electrons. The van der Waals surface area contributed by atoms with Gasteiger partial charge < -0.3 is 19.3 Å². The lowest BCUT2D eigenvalue weighted by molar-refractivity contribution is -0.141. The zero-order chi connectivity index (χ0) is 14.0. The maximum Gasteiger partial charge on any atom is 0.326 e. The maximum absolute atomic E-state index is 12.2. The summed E-state index contributed by atoms with van der Waals surface area (Å²) in [5.41, 5.74) is 0. The highest BCUT2D eigenvalue weighted by Gasteiger charge is 2.35. The van der Waals surface area contributed by atoms with Crippen molar-refractivity contribution >= 4 is 12.0 Å². The van der Waals surface area contributed by atoms with Gasteiger partial charge in [0.1, 0.15) is 17.6 Å². The van der Waals surface area contributed by atoms with Gasteiger partial charge >= 0.3 is 12.0 Å². The molecular weight excluding hydrogens is 248 g/mol. The predicted molar refractivity (Wildman–Crippen MR) is 67.7 cm³/mol. The first-order valence-electron chi connectivity index (χ1n) is 6.29. The van der Waals surface area contributed by atoms with Gasteiger partial charge in [-0.3, -0.25) is 0 Å². The SMILES string of the molecule is Cc1ccc(CN(C)C(=O)N2CCC[C@@H]2C(=O)O)o1. The number of urea groups is 1. The van der Waals surface area contributed by atoms with Crippen LogP contribution in [0.15, 0.2) is 16.5 Å². The van der Waals surface area contributed by atoms with E-state index in [9.17, 15) is 9.59 Å². The number of rotatable bonds is 3. The van der Waals surface area contributed by atoms with Crippen molar-refractivity contribution in [2.75, 3.05) is 13.6 Å². The molecule has 2 rings (SSSR count).